The monoisotopic (exact) mass is 397 g/mol. The molecule has 2 aromatic carbocycles. The second-order valence-electron chi connectivity index (χ2n) is 6.29. The maximum absolute atomic E-state index is 13.4. The van der Waals surface area contributed by atoms with E-state index in [0.717, 1.165) is 12.1 Å². The Morgan fingerprint density at radius 3 is 2.66 bits per heavy atom. The molecule has 0 aliphatic rings. The van der Waals surface area contributed by atoms with Crippen LogP contribution in [0.1, 0.15) is 23.0 Å². The average Bonchev–Trinajstić information content (AvgIpc) is 2.68. The van der Waals surface area contributed by atoms with Gasteiger partial charge in [0.15, 0.2) is 6.10 Å². The van der Waals surface area contributed by atoms with Gasteiger partial charge >= 0.3 is 11.7 Å². The molecule has 29 heavy (non-hydrogen) atoms. The van der Waals surface area contributed by atoms with Gasteiger partial charge in [0.2, 0.25) is 5.82 Å². The number of carbonyl (C=O) groups is 2. The topological polar surface area (TPSA) is 111 Å². The first-order valence-corrected chi connectivity index (χ1v) is 8.58. The van der Waals surface area contributed by atoms with Crippen molar-refractivity contribution in [2.75, 3.05) is 5.32 Å². The number of amides is 1. The van der Waals surface area contributed by atoms with Crippen LogP contribution in [0.15, 0.2) is 48.5 Å². The molecule has 0 fully saturated rings. The molecule has 0 bridgehead atoms. The first-order valence-electron chi connectivity index (χ1n) is 8.58. The number of benzene rings is 2. The number of halogens is 1. The molecule has 9 heteroatoms. The number of rotatable bonds is 5. The van der Waals surface area contributed by atoms with Crippen molar-refractivity contribution < 1.29 is 23.6 Å². The summed E-state index contributed by atoms with van der Waals surface area (Å²) in [4.78, 5) is 39.2. The van der Waals surface area contributed by atoms with E-state index in [4.69, 9.17) is 4.74 Å². The highest BCUT2D eigenvalue weighted by Crippen LogP contribution is 2.22. The number of aromatic nitrogens is 1. The summed E-state index contributed by atoms with van der Waals surface area (Å²) in [7, 11) is 0. The van der Waals surface area contributed by atoms with Crippen LogP contribution in [0.25, 0.3) is 10.9 Å². The minimum absolute atomic E-state index is 0.0104. The molecule has 1 heterocycles. The number of nitro benzene ring substituents is 1. The predicted molar refractivity (Wildman–Crippen MR) is 103 cm³/mol. The van der Waals surface area contributed by atoms with Crippen molar-refractivity contribution in [3.63, 3.8) is 0 Å². The highest BCUT2D eigenvalue weighted by Gasteiger charge is 2.22. The molecule has 0 saturated heterocycles. The van der Waals surface area contributed by atoms with E-state index in [9.17, 15) is 24.1 Å². The Bertz CT molecular complexity index is 1130. The van der Waals surface area contributed by atoms with Gasteiger partial charge in [0.05, 0.1) is 16.0 Å². The number of nitrogens with one attached hydrogen (secondary N) is 1. The molecule has 0 radical (unpaired) electrons. The van der Waals surface area contributed by atoms with Crippen LogP contribution < -0.4 is 5.32 Å². The third-order valence-electron chi connectivity index (χ3n) is 4.13. The molecule has 1 atom stereocenters. The fourth-order valence-electron chi connectivity index (χ4n) is 2.73. The van der Waals surface area contributed by atoms with Crippen molar-refractivity contribution in [2.24, 2.45) is 0 Å². The Labute approximate surface area is 164 Å². The molecule has 3 aromatic rings. The molecule has 0 aliphatic heterocycles. The van der Waals surface area contributed by atoms with Crippen molar-refractivity contribution in [2.45, 2.75) is 20.0 Å². The van der Waals surface area contributed by atoms with E-state index in [0.29, 0.717) is 16.6 Å². The first kappa shape index (κ1) is 19.9. The zero-order chi connectivity index (χ0) is 21.1. The zero-order valence-corrected chi connectivity index (χ0v) is 15.5. The van der Waals surface area contributed by atoms with Crippen LogP contribution >= 0.6 is 0 Å². The van der Waals surface area contributed by atoms with Gasteiger partial charge in [-0.25, -0.2) is 4.79 Å². The van der Waals surface area contributed by atoms with Crippen LogP contribution in [0.5, 0.6) is 0 Å². The van der Waals surface area contributed by atoms with Gasteiger partial charge in [0.25, 0.3) is 5.91 Å². The van der Waals surface area contributed by atoms with Gasteiger partial charge in [-0.05, 0) is 38.1 Å². The summed E-state index contributed by atoms with van der Waals surface area (Å²) in [6.45, 7) is 3.10. The normalized spacial score (nSPS) is 11.7. The largest absolute Gasteiger partial charge is 0.449 e. The highest BCUT2D eigenvalue weighted by molar-refractivity contribution is 6.05. The molecule has 0 unspecified atom stereocenters. The molecule has 8 nitrogen and oxygen atoms in total. The van der Waals surface area contributed by atoms with Crippen LogP contribution in [0.4, 0.5) is 15.8 Å². The lowest BCUT2D eigenvalue weighted by atomic mass is 10.1. The number of anilines is 1. The molecule has 3 rings (SSSR count). The fraction of sp³-hybridized carbons (Fsp3) is 0.150. The number of hydrogen-bond donors (Lipinski definition) is 1. The van der Waals surface area contributed by atoms with E-state index >= 15 is 0 Å². The summed E-state index contributed by atoms with van der Waals surface area (Å²) < 4.78 is 18.7. The van der Waals surface area contributed by atoms with E-state index in [1.807, 2.05) is 0 Å². The van der Waals surface area contributed by atoms with Gasteiger partial charge in [0.1, 0.15) is 0 Å². The lowest BCUT2D eigenvalue weighted by molar-refractivity contribution is -0.387. The number of para-hydroxylation sites is 1. The summed E-state index contributed by atoms with van der Waals surface area (Å²) in [5.74, 6) is -2.44. The number of aryl methyl sites for hydroxylation is 1. The van der Waals surface area contributed by atoms with Crippen LogP contribution in [-0.2, 0) is 9.53 Å². The minimum Gasteiger partial charge on any atom is -0.449 e. The van der Waals surface area contributed by atoms with Crippen LogP contribution in [0.2, 0.25) is 0 Å². The van der Waals surface area contributed by atoms with E-state index in [-0.39, 0.29) is 11.3 Å². The molecule has 148 valence electrons. The number of esters is 1. The Morgan fingerprint density at radius 2 is 1.93 bits per heavy atom. The fourth-order valence-corrected chi connectivity index (χ4v) is 2.73. The summed E-state index contributed by atoms with van der Waals surface area (Å²) >= 11 is 0. The van der Waals surface area contributed by atoms with Gasteiger partial charge in [-0.3, -0.25) is 19.9 Å². The predicted octanol–water partition coefficient (Wildman–Crippen LogP) is 3.77. The van der Waals surface area contributed by atoms with Gasteiger partial charge in [0, 0.05) is 22.8 Å². The van der Waals surface area contributed by atoms with Crippen molar-refractivity contribution in [1.29, 1.82) is 0 Å². The number of hydrogen-bond acceptors (Lipinski definition) is 6. The molecule has 1 amide bonds. The zero-order valence-electron chi connectivity index (χ0n) is 15.5. The lowest BCUT2D eigenvalue weighted by Crippen LogP contribution is -2.30. The molecule has 0 spiro atoms. The van der Waals surface area contributed by atoms with Crippen molar-refractivity contribution in [3.8, 4) is 0 Å². The third kappa shape index (κ3) is 4.34. The van der Waals surface area contributed by atoms with E-state index in [1.165, 1.54) is 13.0 Å². The lowest BCUT2D eigenvalue weighted by Gasteiger charge is -2.14. The van der Waals surface area contributed by atoms with Crippen molar-refractivity contribution in [3.05, 3.63) is 75.7 Å². The SMILES string of the molecule is Cc1cc(C(=O)O[C@@H](C)C(=O)Nc2ccc(F)c([N+](=O)[O-])c2)c2ccccc2n1. The first-order chi connectivity index (χ1) is 13.8. The number of nitrogens with zero attached hydrogens (tertiary/aromatic N) is 2. The van der Waals surface area contributed by atoms with Crippen LogP contribution in [0.3, 0.4) is 0 Å². The summed E-state index contributed by atoms with van der Waals surface area (Å²) in [6, 6.07) is 11.5. The molecular weight excluding hydrogens is 381 g/mol. The maximum Gasteiger partial charge on any atom is 0.339 e. The quantitative estimate of drug-likeness (QED) is 0.398. The van der Waals surface area contributed by atoms with Crippen LogP contribution in [-0.4, -0.2) is 27.9 Å². The molecule has 1 aromatic heterocycles. The Hall–Kier alpha value is -3.88. The molecule has 0 saturated carbocycles. The van der Waals surface area contributed by atoms with Gasteiger partial charge < -0.3 is 10.1 Å². The van der Waals surface area contributed by atoms with E-state index in [2.05, 4.69) is 10.3 Å². The smallest absolute Gasteiger partial charge is 0.339 e. The van der Waals surface area contributed by atoms with Gasteiger partial charge in [-0.15, -0.1) is 0 Å². The van der Waals surface area contributed by atoms with Gasteiger partial charge in [-0.2, -0.15) is 4.39 Å². The number of carbonyl (C=O) groups excluding carboxylic acids is 2. The Balaban J connectivity index is 1.76. The van der Waals surface area contributed by atoms with Crippen molar-refractivity contribution in [1.82, 2.24) is 4.98 Å². The van der Waals surface area contributed by atoms with Crippen molar-refractivity contribution >= 4 is 34.2 Å². The third-order valence-corrected chi connectivity index (χ3v) is 4.13. The number of pyridine rings is 1. The molecular formula is C20H16FN3O5. The van der Waals surface area contributed by atoms with Gasteiger partial charge in [-0.1, -0.05) is 18.2 Å². The second kappa shape index (κ2) is 8.01. The number of nitro groups is 1. The van der Waals surface area contributed by atoms with Crippen LogP contribution in [0, 0.1) is 22.9 Å². The second-order valence-corrected chi connectivity index (χ2v) is 6.29. The summed E-state index contributed by atoms with van der Waals surface area (Å²) in [5.41, 5.74) is 0.745. The molecule has 1 N–H and O–H groups in total. The summed E-state index contributed by atoms with van der Waals surface area (Å²) in [5, 5.41) is 13.8. The Kier molecular flexibility index (Phi) is 5.49. The maximum atomic E-state index is 13.4. The minimum atomic E-state index is -1.20. The Morgan fingerprint density at radius 1 is 1.21 bits per heavy atom. The molecule has 0 aliphatic carbocycles. The van der Waals surface area contributed by atoms with E-state index < -0.39 is 34.4 Å². The standard InChI is InChI=1S/C20H16FN3O5/c1-11-9-15(14-5-3-4-6-17(14)22-11)20(26)29-12(2)19(25)23-13-7-8-16(21)18(10-13)24(27)28/h3-10,12H,1-2H3,(H,23,25)/t12-/m0/s1. The average molecular weight is 397 g/mol. The number of ether oxygens (including phenoxy) is 1. The number of fused-ring (bicyclic) bond motifs is 1. The summed E-state index contributed by atoms with van der Waals surface area (Å²) in [6.07, 6.45) is -1.20. The highest BCUT2D eigenvalue weighted by atomic mass is 19.1. The van der Waals surface area contributed by atoms with E-state index in [1.54, 1.807) is 37.3 Å².